The van der Waals surface area contributed by atoms with Crippen LogP contribution in [0.3, 0.4) is 0 Å². The Labute approximate surface area is 114 Å². The summed E-state index contributed by atoms with van der Waals surface area (Å²) in [5.74, 6) is 3.53. The molecular formula is C15H21N3O. The van der Waals surface area contributed by atoms with Gasteiger partial charge in [-0.2, -0.15) is 0 Å². The number of hydrogen-bond acceptors (Lipinski definition) is 4. The van der Waals surface area contributed by atoms with E-state index in [0.29, 0.717) is 11.7 Å². The van der Waals surface area contributed by atoms with Gasteiger partial charge < -0.3 is 9.73 Å². The third-order valence-electron chi connectivity index (χ3n) is 3.02. The minimum Gasteiger partial charge on any atom is -0.458 e. The first-order valence-corrected chi connectivity index (χ1v) is 6.72. The molecule has 0 aliphatic rings. The smallest absolute Gasteiger partial charge is 0.197 e. The van der Waals surface area contributed by atoms with Gasteiger partial charge >= 0.3 is 0 Å². The SMILES string of the molecule is CCNc1nc(-c2ccc(C)o2)nc(C)c1C(C)C. The molecule has 0 saturated heterocycles. The van der Waals surface area contributed by atoms with E-state index in [2.05, 4.69) is 36.1 Å². The van der Waals surface area contributed by atoms with E-state index in [-0.39, 0.29) is 0 Å². The van der Waals surface area contributed by atoms with Crippen LogP contribution in [0.15, 0.2) is 16.5 Å². The van der Waals surface area contributed by atoms with Gasteiger partial charge in [-0.1, -0.05) is 13.8 Å². The zero-order valence-electron chi connectivity index (χ0n) is 12.2. The van der Waals surface area contributed by atoms with Crippen molar-refractivity contribution in [1.29, 1.82) is 0 Å². The molecule has 2 heterocycles. The monoisotopic (exact) mass is 259 g/mol. The number of anilines is 1. The summed E-state index contributed by atoms with van der Waals surface area (Å²) < 4.78 is 5.61. The molecule has 2 aromatic heterocycles. The van der Waals surface area contributed by atoms with Crippen LogP contribution in [0.25, 0.3) is 11.6 Å². The molecule has 0 radical (unpaired) electrons. The Morgan fingerprint density at radius 2 is 1.95 bits per heavy atom. The Balaban J connectivity index is 2.53. The van der Waals surface area contributed by atoms with Crippen molar-refractivity contribution in [1.82, 2.24) is 9.97 Å². The quantitative estimate of drug-likeness (QED) is 0.904. The summed E-state index contributed by atoms with van der Waals surface area (Å²) >= 11 is 0. The largest absolute Gasteiger partial charge is 0.458 e. The highest BCUT2D eigenvalue weighted by Gasteiger charge is 2.16. The lowest BCUT2D eigenvalue weighted by atomic mass is 10.0. The number of rotatable bonds is 4. The molecule has 0 unspecified atom stereocenters. The standard InChI is InChI=1S/C15H21N3O/c1-6-16-15-13(9(2)3)11(5)17-14(18-15)12-8-7-10(4)19-12/h7-9H,6H2,1-5H3,(H,16,17,18). The molecule has 19 heavy (non-hydrogen) atoms. The molecular weight excluding hydrogens is 238 g/mol. The Bertz CT molecular complexity index is 573. The van der Waals surface area contributed by atoms with Gasteiger partial charge in [0.05, 0.1) is 0 Å². The molecule has 1 N–H and O–H groups in total. The number of nitrogens with one attached hydrogen (secondary N) is 1. The Morgan fingerprint density at radius 3 is 2.47 bits per heavy atom. The number of aryl methyl sites for hydroxylation is 2. The summed E-state index contributed by atoms with van der Waals surface area (Å²) in [6.45, 7) is 11.2. The van der Waals surface area contributed by atoms with E-state index in [4.69, 9.17) is 4.42 Å². The zero-order valence-corrected chi connectivity index (χ0v) is 12.2. The highest BCUT2D eigenvalue weighted by atomic mass is 16.3. The van der Waals surface area contributed by atoms with Crippen LogP contribution in [-0.2, 0) is 0 Å². The van der Waals surface area contributed by atoms with Gasteiger partial charge in [-0.25, -0.2) is 9.97 Å². The van der Waals surface area contributed by atoms with Crippen LogP contribution in [0.5, 0.6) is 0 Å². The van der Waals surface area contributed by atoms with Crippen LogP contribution in [0.4, 0.5) is 5.82 Å². The summed E-state index contributed by atoms with van der Waals surface area (Å²) in [5, 5.41) is 3.32. The fraction of sp³-hybridized carbons (Fsp3) is 0.467. The molecule has 0 saturated carbocycles. The molecule has 0 aliphatic carbocycles. The summed E-state index contributed by atoms with van der Waals surface area (Å²) in [7, 11) is 0. The molecule has 0 aromatic carbocycles. The fourth-order valence-corrected chi connectivity index (χ4v) is 2.24. The minimum atomic E-state index is 0.390. The van der Waals surface area contributed by atoms with E-state index in [9.17, 15) is 0 Å². The average molecular weight is 259 g/mol. The summed E-state index contributed by atoms with van der Waals surface area (Å²) in [6, 6.07) is 3.84. The number of hydrogen-bond donors (Lipinski definition) is 1. The maximum atomic E-state index is 5.61. The third-order valence-corrected chi connectivity index (χ3v) is 3.02. The molecule has 102 valence electrons. The van der Waals surface area contributed by atoms with Crippen LogP contribution in [0, 0.1) is 13.8 Å². The predicted octanol–water partition coefficient (Wildman–Crippen LogP) is 3.91. The van der Waals surface area contributed by atoms with Gasteiger partial charge in [0.1, 0.15) is 11.6 Å². The molecule has 4 heteroatoms. The molecule has 2 rings (SSSR count). The van der Waals surface area contributed by atoms with E-state index < -0.39 is 0 Å². The molecule has 0 fully saturated rings. The Hall–Kier alpha value is -1.84. The van der Waals surface area contributed by atoms with Crippen molar-refractivity contribution in [2.75, 3.05) is 11.9 Å². The topological polar surface area (TPSA) is 51.0 Å². The van der Waals surface area contributed by atoms with Gasteiger partial charge in [-0.3, -0.25) is 0 Å². The zero-order chi connectivity index (χ0) is 14.0. The first-order chi connectivity index (χ1) is 9.02. The van der Waals surface area contributed by atoms with Gasteiger partial charge in [0, 0.05) is 17.8 Å². The first kappa shape index (κ1) is 13.6. The van der Waals surface area contributed by atoms with Gasteiger partial charge in [0.25, 0.3) is 0 Å². The minimum absolute atomic E-state index is 0.390. The third kappa shape index (κ3) is 2.78. The fourth-order valence-electron chi connectivity index (χ4n) is 2.24. The second kappa shape index (κ2) is 5.43. The number of nitrogens with zero attached hydrogens (tertiary/aromatic N) is 2. The number of furan rings is 1. The van der Waals surface area contributed by atoms with Crippen molar-refractivity contribution in [3.8, 4) is 11.6 Å². The van der Waals surface area contributed by atoms with Gasteiger partial charge in [-0.15, -0.1) is 0 Å². The van der Waals surface area contributed by atoms with Crippen molar-refractivity contribution in [2.24, 2.45) is 0 Å². The second-order valence-electron chi connectivity index (χ2n) is 4.99. The predicted molar refractivity (Wildman–Crippen MR) is 77.5 cm³/mol. The maximum absolute atomic E-state index is 5.61. The van der Waals surface area contributed by atoms with Crippen LogP contribution in [0.1, 0.15) is 43.7 Å². The lowest BCUT2D eigenvalue weighted by Gasteiger charge is -2.16. The van der Waals surface area contributed by atoms with Crippen LogP contribution >= 0.6 is 0 Å². The van der Waals surface area contributed by atoms with Crippen molar-refractivity contribution < 1.29 is 4.42 Å². The van der Waals surface area contributed by atoms with Crippen LogP contribution in [0.2, 0.25) is 0 Å². The Kier molecular flexibility index (Phi) is 3.88. The number of aromatic nitrogens is 2. The van der Waals surface area contributed by atoms with E-state index in [0.717, 1.165) is 29.6 Å². The molecule has 0 spiro atoms. The van der Waals surface area contributed by atoms with Crippen molar-refractivity contribution in [3.05, 3.63) is 29.2 Å². The highest BCUT2D eigenvalue weighted by molar-refractivity contribution is 5.56. The van der Waals surface area contributed by atoms with E-state index >= 15 is 0 Å². The van der Waals surface area contributed by atoms with Crippen molar-refractivity contribution in [3.63, 3.8) is 0 Å². The van der Waals surface area contributed by atoms with E-state index in [1.165, 1.54) is 5.56 Å². The van der Waals surface area contributed by atoms with Crippen LogP contribution in [-0.4, -0.2) is 16.5 Å². The highest BCUT2D eigenvalue weighted by Crippen LogP contribution is 2.28. The maximum Gasteiger partial charge on any atom is 0.197 e. The lowest BCUT2D eigenvalue weighted by molar-refractivity contribution is 0.543. The molecule has 0 bridgehead atoms. The lowest BCUT2D eigenvalue weighted by Crippen LogP contribution is -2.09. The molecule has 0 aliphatic heterocycles. The van der Waals surface area contributed by atoms with Gasteiger partial charge in [0.15, 0.2) is 11.6 Å². The Morgan fingerprint density at radius 1 is 1.21 bits per heavy atom. The molecule has 0 atom stereocenters. The summed E-state index contributed by atoms with van der Waals surface area (Å²) in [4.78, 5) is 9.19. The van der Waals surface area contributed by atoms with Crippen LogP contribution < -0.4 is 5.32 Å². The van der Waals surface area contributed by atoms with E-state index in [1.54, 1.807) is 0 Å². The van der Waals surface area contributed by atoms with Gasteiger partial charge in [-0.05, 0) is 38.8 Å². The normalized spacial score (nSPS) is 11.1. The second-order valence-corrected chi connectivity index (χ2v) is 4.99. The van der Waals surface area contributed by atoms with Gasteiger partial charge in [0.2, 0.25) is 0 Å². The first-order valence-electron chi connectivity index (χ1n) is 6.72. The summed E-state index contributed by atoms with van der Waals surface area (Å²) in [5.41, 5.74) is 2.18. The average Bonchev–Trinajstić information content (AvgIpc) is 2.75. The molecule has 0 amide bonds. The van der Waals surface area contributed by atoms with Crippen molar-refractivity contribution in [2.45, 2.75) is 40.5 Å². The van der Waals surface area contributed by atoms with E-state index in [1.807, 2.05) is 26.0 Å². The molecule has 4 nitrogen and oxygen atoms in total. The summed E-state index contributed by atoms with van der Waals surface area (Å²) in [6.07, 6.45) is 0. The molecule has 2 aromatic rings. The van der Waals surface area contributed by atoms with Crippen molar-refractivity contribution >= 4 is 5.82 Å².